The van der Waals surface area contributed by atoms with Gasteiger partial charge in [0, 0.05) is 23.7 Å². The summed E-state index contributed by atoms with van der Waals surface area (Å²) in [6.07, 6.45) is 3.43. The molecule has 27 heavy (non-hydrogen) atoms. The first-order valence-electron chi connectivity index (χ1n) is 8.18. The number of methoxy groups -OCH3 is 1. The van der Waals surface area contributed by atoms with Crippen LogP contribution in [0.4, 0.5) is 5.13 Å². The zero-order valence-electron chi connectivity index (χ0n) is 15.0. The van der Waals surface area contributed by atoms with E-state index in [1.54, 1.807) is 19.4 Å². The molecule has 0 unspecified atom stereocenters. The number of amides is 1. The molecule has 0 bridgehead atoms. The molecule has 0 saturated heterocycles. The van der Waals surface area contributed by atoms with Gasteiger partial charge in [0.2, 0.25) is 5.91 Å². The molecular formula is C18H19N5O2S2. The number of ether oxygens (including phenoxy) is 1. The van der Waals surface area contributed by atoms with Crippen molar-refractivity contribution >= 4 is 34.1 Å². The first kappa shape index (κ1) is 19.1. The number of nitrogens with one attached hydrogen (secondary N) is 1. The molecule has 3 rings (SSSR count). The number of hydrogen-bond acceptors (Lipinski definition) is 7. The second-order valence-electron chi connectivity index (χ2n) is 5.52. The van der Waals surface area contributed by atoms with Gasteiger partial charge in [0.15, 0.2) is 16.1 Å². The predicted octanol–water partition coefficient (Wildman–Crippen LogP) is 3.72. The molecule has 1 amide bonds. The Hall–Kier alpha value is -2.65. The third-order valence-electron chi connectivity index (χ3n) is 3.69. The quantitative estimate of drug-likeness (QED) is 0.458. The van der Waals surface area contributed by atoms with Crippen LogP contribution in [0.1, 0.15) is 6.92 Å². The molecule has 2 aromatic heterocycles. The summed E-state index contributed by atoms with van der Waals surface area (Å²) in [5.41, 5.74) is 0.914. The molecule has 0 fully saturated rings. The minimum atomic E-state index is -0.356. The van der Waals surface area contributed by atoms with E-state index in [0.717, 1.165) is 11.3 Å². The topological polar surface area (TPSA) is 81.9 Å². The van der Waals surface area contributed by atoms with Gasteiger partial charge in [-0.25, -0.2) is 4.98 Å². The standard InChI is InChI=1S/C18H19N5O2S2/c1-4-10-23-15(13-5-7-14(25-3)8-6-13)21-22-18(23)27-12(2)16(24)20-17-19-9-11-26-17/h4-9,11-12H,1,10H2,2-3H3,(H,19,20,24)/t12-/m0/s1. The smallest absolute Gasteiger partial charge is 0.239 e. The molecule has 0 radical (unpaired) electrons. The van der Waals surface area contributed by atoms with Crippen LogP contribution in [0.25, 0.3) is 11.4 Å². The number of anilines is 1. The number of aromatic nitrogens is 4. The summed E-state index contributed by atoms with van der Waals surface area (Å²) < 4.78 is 7.14. The Morgan fingerprint density at radius 3 is 2.81 bits per heavy atom. The van der Waals surface area contributed by atoms with E-state index in [1.807, 2.05) is 41.1 Å². The molecule has 1 atom stereocenters. The van der Waals surface area contributed by atoms with Crippen LogP contribution < -0.4 is 10.1 Å². The zero-order chi connectivity index (χ0) is 19.2. The van der Waals surface area contributed by atoms with E-state index in [1.165, 1.54) is 23.1 Å². The fourth-order valence-corrected chi connectivity index (χ4v) is 3.72. The molecule has 0 aliphatic rings. The molecule has 1 N–H and O–H groups in total. The van der Waals surface area contributed by atoms with Crippen LogP contribution in [-0.4, -0.2) is 38.0 Å². The Kier molecular flexibility index (Phi) is 6.25. The largest absolute Gasteiger partial charge is 0.497 e. The maximum absolute atomic E-state index is 12.4. The summed E-state index contributed by atoms with van der Waals surface area (Å²) in [5, 5.41) is 14.1. The lowest BCUT2D eigenvalue weighted by molar-refractivity contribution is -0.115. The highest BCUT2D eigenvalue weighted by Gasteiger charge is 2.21. The Bertz CT molecular complexity index is 906. The van der Waals surface area contributed by atoms with E-state index in [0.29, 0.717) is 22.7 Å². The lowest BCUT2D eigenvalue weighted by Crippen LogP contribution is -2.22. The zero-order valence-corrected chi connectivity index (χ0v) is 16.6. The summed E-state index contributed by atoms with van der Waals surface area (Å²) in [6.45, 7) is 6.18. The van der Waals surface area contributed by atoms with E-state index >= 15 is 0 Å². The Labute approximate surface area is 165 Å². The molecule has 140 valence electrons. The third kappa shape index (κ3) is 4.55. The highest BCUT2D eigenvalue weighted by Crippen LogP contribution is 2.28. The van der Waals surface area contributed by atoms with E-state index in [4.69, 9.17) is 4.74 Å². The van der Waals surface area contributed by atoms with Crippen LogP contribution >= 0.6 is 23.1 Å². The fraction of sp³-hybridized carbons (Fsp3) is 0.222. The second-order valence-corrected chi connectivity index (χ2v) is 7.72. The number of allylic oxidation sites excluding steroid dienone is 1. The van der Waals surface area contributed by atoms with Crippen LogP contribution in [0.3, 0.4) is 0 Å². The number of hydrogen-bond donors (Lipinski definition) is 1. The van der Waals surface area contributed by atoms with Crippen molar-refractivity contribution in [3.8, 4) is 17.1 Å². The lowest BCUT2D eigenvalue weighted by atomic mass is 10.2. The van der Waals surface area contributed by atoms with Gasteiger partial charge in [0.05, 0.1) is 12.4 Å². The van der Waals surface area contributed by atoms with Crippen molar-refractivity contribution in [2.75, 3.05) is 12.4 Å². The van der Waals surface area contributed by atoms with Gasteiger partial charge >= 0.3 is 0 Å². The van der Waals surface area contributed by atoms with Gasteiger partial charge in [0.1, 0.15) is 5.75 Å². The lowest BCUT2D eigenvalue weighted by Gasteiger charge is -2.12. The van der Waals surface area contributed by atoms with Gasteiger partial charge in [-0.2, -0.15) is 0 Å². The molecule has 0 aliphatic carbocycles. The summed E-state index contributed by atoms with van der Waals surface area (Å²) in [6, 6.07) is 7.60. The minimum Gasteiger partial charge on any atom is -0.497 e. The molecule has 0 spiro atoms. The van der Waals surface area contributed by atoms with Crippen molar-refractivity contribution in [1.82, 2.24) is 19.7 Å². The molecule has 7 nitrogen and oxygen atoms in total. The van der Waals surface area contributed by atoms with Gasteiger partial charge in [0.25, 0.3) is 0 Å². The Morgan fingerprint density at radius 1 is 1.41 bits per heavy atom. The maximum atomic E-state index is 12.4. The second kappa shape index (κ2) is 8.83. The van der Waals surface area contributed by atoms with Crippen molar-refractivity contribution in [1.29, 1.82) is 0 Å². The number of thioether (sulfide) groups is 1. The summed E-state index contributed by atoms with van der Waals surface area (Å²) in [5.74, 6) is 1.36. The SMILES string of the molecule is C=CCn1c(S[C@@H](C)C(=O)Nc2nccs2)nnc1-c1ccc(OC)cc1. The van der Waals surface area contributed by atoms with Gasteiger partial charge in [-0.1, -0.05) is 17.8 Å². The number of carbonyl (C=O) groups excluding carboxylic acids is 1. The third-order valence-corrected chi connectivity index (χ3v) is 5.46. The maximum Gasteiger partial charge on any atom is 0.239 e. The van der Waals surface area contributed by atoms with E-state index < -0.39 is 0 Å². The number of thiazole rings is 1. The molecule has 0 saturated carbocycles. The number of nitrogens with zero attached hydrogens (tertiary/aromatic N) is 4. The van der Waals surface area contributed by atoms with E-state index in [-0.39, 0.29) is 11.2 Å². The summed E-state index contributed by atoms with van der Waals surface area (Å²) >= 11 is 2.73. The molecule has 3 aromatic rings. The van der Waals surface area contributed by atoms with Crippen molar-refractivity contribution in [2.45, 2.75) is 23.9 Å². The number of rotatable bonds is 8. The molecule has 1 aromatic carbocycles. The Morgan fingerprint density at radius 2 is 2.19 bits per heavy atom. The van der Waals surface area contributed by atoms with Gasteiger partial charge < -0.3 is 10.1 Å². The van der Waals surface area contributed by atoms with Crippen LogP contribution in [0.5, 0.6) is 5.75 Å². The monoisotopic (exact) mass is 401 g/mol. The Balaban J connectivity index is 1.79. The summed E-state index contributed by atoms with van der Waals surface area (Å²) in [7, 11) is 1.63. The van der Waals surface area contributed by atoms with Crippen LogP contribution in [-0.2, 0) is 11.3 Å². The highest BCUT2D eigenvalue weighted by atomic mass is 32.2. The van der Waals surface area contributed by atoms with Crippen molar-refractivity contribution in [3.05, 3.63) is 48.5 Å². The number of benzene rings is 1. The number of carbonyl (C=O) groups is 1. The van der Waals surface area contributed by atoms with Crippen LogP contribution in [0.2, 0.25) is 0 Å². The fourth-order valence-electron chi connectivity index (χ4n) is 2.33. The first-order valence-corrected chi connectivity index (χ1v) is 9.94. The normalized spacial score (nSPS) is 11.8. The first-order chi connectivity index (χ1) is 13.1. The van der Waals surface area contributed by atoms with Gasteiger partial charge in [-0.15, -0.1) is 28.1 Å². The van der Waals surface area contributed by atoms with Crippen molar-refractivity contribution < 1.29 is 9.53 Å². The average Bonchev–Trinajstić information content (AvgIpc) is 3.33. The van der Waals surface area contributed by atoms with Gasteiger partial charge in [-0.05, 0) is 31.2 Å². The molecule has 0 aliphatic heterocycles. The van der Waals surface area contributed by atoms with Gasteiger partial charge in [-0.3, -0.25) is 9.36 Å². The molecular weight excluding hydrogens is 382 g/mol. The summed E-state index contributed by atoms with van der Waals surface area (Å²) in [4.78, 5) is 16.4. The van der Waals surface area contributed by atoms with Crippen LogP contribution in [0.15, 0.2) is 53.7 Å². The highest BCUT2D eigenvalue weighted by molar-refractivity contribution is 8.00. The van der Waals surface area contributed by atoms with E-state index in [2.05, 4.69) is 27.1 Å². The predicted molar refractivity (Wildman–Crippen MR) is 108 cm³/mol. The average molecular weight is 402 g/mol. The van der Waals surface area contributed by atoms with Crippen LogP contribution in [0, 0.1) is 0 Å². The molecule has 2 heterocycles. The minimum absolute atomic E-state index is 0.130. The van der Waals surface area contributed by atoms with E-state index in [9.17, 15) is 4.79 Å². The van der Waals surface area contributed by atoms with Crippen molar-refractivity contribution in [3.63, 3.8) is 0 Å². The molecule has 9 heteroatoms. The van der Waals surface area contributed by atoms with Crippen molar-refractivity contribution in [2.24, 2.45) is 0 Å².